The molecule has 0 aromatic heterocycles. The van der Waals surface area contributed by atoms with E-state index in [4.69, 9.17) is 4.74 Å². The Balaban J connectivity index is 1.51. The number of ether oxygens (including phenoxy) is 1. The summed E-state index contributed by atoms with van der Waals surface area (Å²) in [6.07, 6.45) is 1.17. The summed E-state index contributed by atoms with van der Waals surface area (Å²) in [6, 6.07) is 10.1. The van der Waals surface area contributed by atoms with Crippen molar-refractivity contribution in [2.75, 3.05) is 45.9 Å². The van der Waals surface area contributed by atoms with Gasteiger partial charge in [-0.3, -0.25) is 4.90 Å². The smallest absolute Gasteiger partial charge is 0.0594 e. The van der Waals surface area contributed by atoms with Crippen molar-refractivity contribution in [2.24, 2.45) is 0 Å². The zero-order valence-corrected chi connectivity index (χ0v) is 11.4. The zero-order valence-electron chi connectivity index (χ0n) is 11.4. The standard InChI is InChI=1S/C16H22N2O/c1-2-6-16(7-3-1)8-4-9-17-10-5-11-18-12-14-19-15-13-18/h1-3,6-7,17H,5,9-15H2. The second-order valence-corrected chi connectivity index (χ2v) is 4.65. The van der Waals surface area contributed by atoms with Gasteiger partial charge in [-0.05, 0) is 31.6 Å². The number of hydrogen-bond donors (Lipinski definition) is 1. The lowest BCUT2D eigenvalue weighted by Gasteiger charge is -2.26. The highest BCUT2D eigenvalue weighted by atomic mass is 16.5. The van der Waals surface area contributed by atoms with E-state index < -0.39 is 0 Å². The van der Waals surface area contributed by atoms with Crippen molar-refractivity contribution in [3.8, 4) is 11.8 Å². The van der Waals surface area contributed by atoms with E-state index in [2.05, 4.69) is 22.1 Å². The van der Waals surface area contributed by atoms with Gasteiger partial charge in [-0.1, -0.05) is 30.0 Å². The molecule has 0 amide bonds. The van der Waals surface area contributed by atoms with E-state index in [0.29, 0.717) is 0 Å². The van der Waals surface area contributed by atoms with Crippen LogP contribution in [0.3, 0.4) is 0 Å². The average molecular weight is 258 g/mol. The molecule has 3 nitrogen and oxygen atoms in total. The van der Waals surface area contributed by atoms with Gasteiger partial charge in [0.25, 0.3) is 0 Å². The van der Waals surface area contributed by atoms with Crippen molar-refractivity contribution in [1.29, 1.82) is 0 Å². The molecule has 2 rings (SSSR count). The van der Waals surface area contributed by atoms with Gasteiger partial charge in [-0.15, -0.1) is 0 Å². The SMILES string of the molecule is C(#Cc1ccccc1)CNCCCN1CCOCC1. The van der Waals surface area contributed by atoms with Crippen molar-refractivity contribution < 1.29 is 4.74 Å². The second kappa shape index (κ2) is 8.71. The highest BCUT2D eigenvalue weighted by Gasteiger charge is 2.08. The van der Waals surface area contributed by atoms with Crippen molar-refractivity contribution in [3.63, 3.8) is 0 Å². The van der Waals surface area contributed by atoms with Gasteiger partial charge in [0.2, 0.25) is 0 Å². The van der Waals surface area contributed by atoms with Crippen molar-refractivity contribution >= 4 is 0 Å². The fourth-order valence-corrected chi connectivity index (χ4v) is 2.07. The van der Waals surface area contributed by atoms with Crippen LogP contribution in [0.2, 0.25) is 0 Å². The molecule has 19 heavy (non-hydrogen) atoms. The van der Waals surface area contributed by atoms with Gasteiger partial charge in [-0.2, -0.15) is 0 Å². The van der Waals surface area contributed by atoms with Crippen molar-refractivity contribution in [2.45, 2.75) is 6.42 Å². The Morgan fingerprint density at radius 1 is 1.16 bits per heavy atom. The summed E-state index contributed by atoms with van der Waals surface area (Å²) in [5.74, 6) is 6.29. The zero-order chi connectivity index (χ0) is 13.2. The molecule has 1 fully saturated rings. The lowest BCUT2D eigenvalue weighted by atomic mass is 10.2. The predicted octanol–water partition coefficient (Wildman–Crippen LogP) is 1.35. The van der Waals surface area contributed by atoms with Gasteiger partial charge >= 0.3 is 0 Å². The van der Waals surface area contributed by atoms with Gasteiger partial charge < -0.3 is 10.1 Å². The molecular weight excluding hydrogens is 236 g/mol. The molecule has 1 N–H and O–H groups in total. The maximum Gasteiger partial charge on any atom is 0.0594 e. The second-order valence-electron chi connectivity index (χ2n) is 4.65. The Morgan fingerprint density at radius 3 is 2.74 bits per heavy atom. The number of morpholine rings is 1. The van der Waals surface area contributed by atoms with E-state index in [0.717, 1.165) is 51.5 Å². The maximum atomic E-state index is 5.33. The van der Waals surface area contributed by atoms with E-state index in [1.54, 1.807) is 0 Å². The normalized spacial score (nSPS) is 15.8. The van der Waals surface area contributed by atoms with Crippen LogP contribution in [0.1, 0.15) is 12.0 Å². The molecule has 1 aromatic carbocycles. The van der Waals surface area contributed by atoms with E-state index in [-0.39, 0.29) is 0 Å². The number of nitrogens with one attached hydrogen (secondary N) is 1. The molecule has 0 saturated carbocycles. The summed E-state index contributed by atoms with van der Waals surface area (Å²) in [5, 5.41) is 3.36. The van der Waals surface area contributed by atoms with Crippen molar-refractivity contribution in [3.05, 3.63) is 35.9 Å². The molecule has 102 valence electrons. The van der Waals surface area contributed by atoms with Crippen LogP contribution in [0.15, 0.2) is 30.3 Å². The lowest BCUT2D eigenvalue weighted by Crippen LogP contribution is -2.37. The quantitative estimate of drug-likeness (QED) is 0.637. The Morgan fingerprint density at radius 2 is 1.95 bits per heavy atom. The highest BCUT2D eigenvalue weighted by molar-refractivity contribution is 5.33. The Bertz CT molecular complexity index is 402. The molecule has 1 saturated heterocycles. The Hall–Kier alpha value is -1.34. The van der Waals surface area contributed by atoms with Crippen LogP contribution in [0, 0.1) is 11.8 Å². The van der Waals surface area contributed by atoms with Gasteiger partial charge in [-0.25, -0.2) is 0 Å². The van der Waals surface area contributed by atoms with Gasteiger partial charge in [0.05, 0.1) is 19.8 Å². The fraction of sp³-hybridized carbons (Fsp3) is 0.500. The van der Waals surface area contributed by atoms with E-state index in [9.17, 15) is 0 Å². The molecule has 1 aliphatic rings. The molecule has 0 spiro atoms. The number of nitrogens with zero attached hydrogens (tertiary/aromatic N) is 1. The molecule has 0 atom stereocenters. The summed E-state index contributed by atoms with van der Waals surface area (Å²) < 4.78 is 5.33. The highest BCUT2D eigenvalue weighted by Crippen LogP contribution is 1.97. The van der Waals surface area contributed by atoms with Crippen LogP contribution < -0.4 is 5.32 Å². The Labute approximate surface area is 115 Å². The minimum atomic E-state index is 0.762. The van der Waals surface area contributed by atoms with Crippen LogP contribution in [0.5, 0.6) is 0 Å². The summed E-state index contributed by atoms with van der Waals surface area (Å²) in [4.78, 5) is 2.46. The van der Waals surface area contributed by atoms with E-state index in [1.807, 2.05) is 30.3 Å². The van der Waals surface area contributed by atoms with Crippen LogP contribution in [0.4, 0.5) is 0 Å². The third-order valence-electron chi connectivity index (χ3n) is 3.15. The van der Waals surface area contributed by atoms with Crippen LogP contribution in [-0.2, 0) is 4.74 Å². The minimum absolute atomic E-state index is 0.762. The minimum Gasteiger partial charge on any atom is -0.379 e. The third kappa shape index (κ3) is 5.89. The van der Waals surface area contributed by atoms with Crippen LogP contribution in [0.25, 0.3) is 0 Å². The number of hydrogen-bond acceptors (Lipinski definition) is 3. The summed E-state index contributed by atoms with van der Waals surface area (Å²) >= 11 is 0. The first-order valence-electron chi connectivity index (χ1n) is 7.00. The first kappa shape index (κ1) is 14.1. The van der Waals surface area contributed by atoms with Crippen LogP contribution in [-0.4, -0.2) is 50.8 Å². The topological polar surface area (TPSA) is 24.5 Å². The third-order valence-corrected chi connectivity index (χ3v) is 3.15. The first-order chi connectivity index (χ1) is 9.45. The molecule has 1 aliphatic heterocycles. The van der Waals surface area contributed by atoms with Crippen LogP contribution >= 0.6 is 0 Å². The molecule has 0 aliphatic carbocycles. The summed E-state index contributed by atoms with van der Waals surface area (Å²) in [7, 11) is 0. The Kier molecular flexibility index (Phi) is 6.45. The predicted molar refractivity (Wildman–Crippen MR) is 78.1 cm³/mol. The molecule has 1 aromatic rings. The van der Waals surface area contributed by atoms with Gasteiger partial charge in [0.15, 0.2) is 0 Å². The summed E-state index contributed by atoms with van der Waals surface area (Å²) in [5.41, 5.74) is 1.08. The lowest BCUT2D eigenvalue weighted by molar-refractivity contribution is 0.0375. The molecule has 0 radical (unpaired) electrons. The van der Waals surface area contributed by atoms with Crippen molar-refractivity contribution in [1.82, 2.24) is 10.2 Å². The fourth-order valence-electron chi connectivity index (χ4n) is 2.07. The number of benzene rings is 1. The molecule has 0 bridgehead atoms. The molecule has 1 heterocycles. The number of rotatable bonds is 5. The van der Waals surface area contributed by atoms with Gasteiger partial charge in [0.1, 0.15) is 0 Å². The van der Waals surface area contributed by atoms with E-state index >= 15 is 0 Å². The summed E-state index contributed by atoms with van der Waals surface area (Å²) in [6.45, 7) is 6.87. The van der Waals surface area contributed by atoms with Gasteiger partial charge in [0, 0.05) is 18.7 Å². The largest absolute Gasteiger partial charge is 0.379 e. The maximum absolute atomic E-state index is 5.33. The monoisotopic (exact) mass is 258 g/mol. The van der Waals surface area contributed by atoms with E-state index in [1.165, 1.54) is 6.42 Å². The molecular formula is C16H22N2O. The average Bonchev–Trinajstić information content (AvgIpc) is 2.48. The first-order valence-corrected chi connectivity index (χ1v) is 7.00. The molecule has 0 unspecified atom stereocenters. The molecule has 3 heteroatoms.